The molecule has 1 N–H and O–H groups in total. The molecule has 2 aromatic rings. The van der Waals surface area contributed by atoms with Crippen LogP contribution in [-0.4, -0.2) is 15.5 Å². The van der Waals surface area contributed by atoms with E-state index in [4.69, 9.17) is 0 Å². The van der Waals surface area contributed by atoms with Crippen molar-refractivity contribution in [2.24, 2.45) is 0 Å². The van der Waals surface area contributed by atoms with Crippen LogP contribution in [0.15, 0.2) is 30.5 Å². The summed E-state index contributed by atoms with van der Waals surface area (Å²) in [6.07, 6.45) is -3.79. The number of carbonyl (C=O) groups excluding carboxylic acids is 1. The first kappa shape index (κ1) is 15.1. The van der Waals surface area contributed by atoms with E-state index < -0.39 is 17.8 Å². The van der Waals surface area contributed by atoms with Gasteiger partial charge in [0.2, 0.25) is 5.95 Å². The Morgan fingerprint density at radius 1 is 1.33 bits per heavy atom. The SMILES string of the molecule is CCn1c(C(F)(F)F)cnc1NC(=O)c1ccccc1C. The summed E-state index contributed by atoms with van der Waals surface area (Å²) in [5, 5.41) is 2.42. The molecule has 112 valence electrons. The quantitative estimate of drug-likeness (QED) is 0.942. The number of hydrogen-bond donors (Lipinski definition) is 1. The first-order valence-electron chi connectivity index (χ1n) is 6.34. The maximum atomic E-state index is 12.8. The van der Waals surface area contributed by atoms with Crippen LogP contribution in [0.5, 0.6) is 0 Å². The lowest BCUT2D eigenvalue weighted by Gasteiger charge is -2.12. The minimum atomic E-state index is -4.51. The summed E-state index contributed by atoms with van der Waals surface area (Å²) in [6.45, 7) is 3.36. The zero-order valence-corrected chi connectivity index (χ0v) is 11.5. The first-order valence-corrected chi connectivity index (χ1v) is 6.34. The topological polar surface area (TPSA) is 46.9 Å². The lowest BCUT2D eigenvalue weighted by molar-refractivity contribution is -0.143. The van der Waals surface area contributed by atoms with E-state index in [2.05, 4.69) is 10.3 Å². The van der Waals surface area contributed by atoms with Crippen molar-refractivity contribution >= 4 is 11.9 Å². The maximum Gasteiger partial charge on any atom is 0.433 e. The van der Waals surface area contributed by atoms with Gasteiger partial charge in [-0.15, -0.1) is 0 Å². The molecule has 0 spiro atoms. The van der Waals surface area contributed by atoms with E-state index in [9.17, 15) is 18.0 Å². The van der Waals surface area contributed by atoms with Gasteiger partial charge in [0, 0.05) is 12.1 Å². The van der Waals surface area contributed by atoms with Gasteiger partial charge in [0.05, 0.1) is 6.20 Å². The van der Waals surface area contributed by atoms with Gasteiger partial charge in [0.15, 0.2) is 0 Å². The molecule has 0 unspecified atom stereocenters. The fraction of sp³-hybridized carbons (Fsp3) is 0.286. The van der Waals surface area contributed by atoms with Crippen molar-refractivity contribution in [3.8, 4) is 0 Å². The zero-order chi connectivity index (χ0) is 15.6. The van der Waals surface area contributed by atoms with E-state index in [1.165, 1.54) is 0 Å². The van der Waals surface area contributed by atoms with Gasteiger partial charge >= 0.3 is 6.18 Å². The van der Waals surface area contributed by atoms with Crippen LogP contribution in [0.25, 0.3) is 0 Å². The monoisotopic (exact) mass is 297 g/mol. The molecule has 1 amide bonds. The number of aryl methyl sites for hydroxylation is 1. The number of imidazole rings is 1. The van der Waals surface area contributed by atoms with Crippen LogP contribution in [0.4, 0.5) is 19.1 Å². The highest BCUT2D eigenvalue weighted by atomic mass is 19.4. The van der Waals surface area contributed by atoms with Crippen LogP contribution in [0, 0.1) is 6.92 Å². The largest absolute Gasteiger partial charge is 0.433 e. The van der Waals surface area contributed by atoms with Crippen molar-refractivity contribution in [3.05, 3.63) is 47.3 Å². The summed E-state index contributed by atoms with van der Waals surface area (Å²) < 4.78 is 39.3. The smallest absolute Gasteiger partial charge is 0.307 e. The van der Waals surface area contributed by atoms with Crippen molar-refractivity contribution in [1.82, 2.24) is 9.55 Å². The van der Waals surface area contributed by atoms with Gasteiger partial charge in [0.1, 0.15) is 5.69 Å². The maximum absolute atomic E-state index is 12.8. The Hall–Kier alpha value is -2.31. The molecule has 1 aromatic carbocycles. The summed E-state index contributed by atoms with van der Waals surface area (Å²) >= 11 is 0. The van der Waals surface area contributed by atoms with Crippen molar-refractivity contribution in [2.75, 3.05) is 5.32 Å². The number of nitrogens with one attached hydrogen (secondary N) is 1. The fourth-order valence-corrected chi connectivity index (χ4v) is 2.02. The summed E-state index contributed by atoms with van der Waals surface area (Å²) in [4.78, 5) is 15.8. The van der Waals surface area contributed by atoms with Crippen LogP contribution in [0.1, 0.15) is 28.5 Å². The molecule has 7 heteroatoms. The third-order valence-electron chi connectivity index (χ3n) is 3.08. The number of aromatic nitrogens is 2. The molecule has 0 fully saturated rings. The second kappa shape index (κ2) is 5.59. The van der Waals surface area contributed by atoms with Gasteiger partial charge in [0.25, 0.3) is 5.91 Å². The minimum absolute atomic E-state index is 0.0538. The van der Waals surface area contributed by atoms with Crippen LogP contribution in [0.3, 0.4) is 0 Å². The molecule has 0 aliphatic carbocycles. The molecule has 4 nitrogen and oxygen atoms in total. The Morgan fingerprint density at radius 2 is 2.00 bits per heavy atom. The van der Waals surface area contributed by atoms with E-state index in [0.29, 0.717) is 5.56 Å². The van der Waals surface area contributed by atoms with Crippen molar-refractivity contribution in [2.45, 2.75) is 26.6 Å². The normalized spacial score (nSPS) is 11.5. The van der Waals surface area contributed by atoms with Crippen LogP contribution < -0.4 is 5.32 Å². The number of anilines is 1. The molecule has 1 aromatic heterocycles. The molecule has 0 radical (unpaired) electrons. The number of benzene rings is 1. The van der Waals surface area contributed by atoms with E-state index in [0.717, 1.165) is 16.3 Å². The van der Waals surface area contributed by atoms with Gasteiger partial charge in [-0.05, 0) is 25.5 Å². The number of amides is 1. The van der Waals surface area contributed by atoms with E-state index in [1.807, 2.05) is 0 Å². The number of nitrogens with zero attached hydrogens (tertiary/aromatic N) is 2. The van der Waals surface area contributed by atoms with E-state index in [-0.39, 0.29) is 12.5 Å². The molecule has 0 atom stereocenters. The third-order valence-corrected chi connectivity index (χ3v) is 3.08. The van der Waals surface area contributed by atoms with Gasteiger partial charge in [-0.25, -0.2) is 4.98 Å². The standard InChI is InChI=1S/C14H14F3N3O/c1-3-20-11(14(15,16)17)8-18-13(20)19-12(21)10-7-5-4-6-9(10)2/h4-8H,3H2,1-2H3,(H,18,19,21). The molecular formula is C14H14F3N3O. The average Bonchev–Trinajstić information content (AvgIpc) is 2.81. The minimum Gasteiger partial charge on any atom is -0.307 e. The van der Waals surface area contributed by atoms with Gasteiger partial charge in [-0.1, -0.05) is 18.2 Å². The highest BCUT2D eigenvalue weighted by molar-refractivity contribution is 6.04. The summed E-state index contributed by atoms with van der Waals surface area (Å²) in [5.41, 5.74) is 0.252. The van der Waals surface area contributed by atoms with Gasteiger partial charge < -0.3 is 4.57 Å². The highest BCUT2D eigenvalue weighted by Gasteiger charge is 2.35. The van der Waals surface area contributed by atoms with Crippen molar-refractivity contribution in [1.29, 1.82) is 0 Å². The Kier molecular flexibility index (Phi) is 4.02. The summed E-state index contributed by atoms with van der Waals surface area (Å²) in [6, 6.07) is 6.83. The van der Waals surface area contributed by atoms with Crippen LogP contribution in [0.2, 0.25) is 0 Å². The second-order valence-electron chi connectivity index (χ2n) is 4.48. The molecule has 21 heavy (non-hydrogen) atoms. The lowest BCUT2D eigenvalue weighted by atomic mass is 10.1. The Bertz CT molecular complexity index is 662. The van der Waals surface area contributed by atoms with E-state index >= 15 is 0 Å². The van der Waals surface area contributed by atoms with Crippen LogP contribution in [-0.2, 0) is 12.7 Å². The highest BCUT2D eigenvalue weighted by Crippen LogP contribution is 2.31. The molecule has 0 saturated carbocycles. The molecule has 0 aliphatic heterocycles. The number of rotatable bonds is 3. The van der Waals surface area contributed by atoms with Crippen molar-refractivity contribution < 1.29 is 18.0 Å². The number of halogens is 3. The molecule has 0 bridgehead atoms. The number of alkyl halides is 3. The first-order chi connectivity index (χ1) is 9.84. The molecule has 2 rings (SSSR count). The van der Waals surface area contributed by atoms with Gasteiger partial charge in [-0.3, -0.25) is 10.1 Å². The summed E-state index contributed by atoms with van der Waals surface area (Å²) in [5.74, 6) is -0.597. The van der Waals surface area contributed by atoms with Crippen LogP contribution >= 0.6 is 0 Å². The van der Waals surface area contributed by atoms with E-state index in [1.54, 1.807) is 38.1 Å². The number of carbonyl (C=O) groups is 1. The predicted octanol–water partition coefficient (Wildman–Crippen LogP) is 3.48. The average molecular weight is 297 g/mol. The lowest BCUT2D eigenvalue weighted by Crippen LogP contribution is -2.19. The Morgan fingerprint density at radius 3 is 2.57 bits per heavy atom. The Labute approximate surface area is 119 Å². The number of hydrogen-bond acceptors (Lipinski definition) is 2. The predicted molar refractivity (Wildman–Crippen MR) is 72.0 cm³/mol. The summed E-state index contributed by atoms with van der Waals surface area (Å²) in [7, 11) is 0. The third kappa shape index (κ3) is 3.07. The fourth-order valence-electron chi connectivity index (χ4n) is 2.02. The molecular weight excluding hydrogens is 283 g/mol. The zero-order valence-electron chi connectivity index (χ0n) is 11.5. The van der Waals surface area contributed by atoms with Crippen molar-refractivity contribution in [3.63, 3.8) is 0 Å². The molecule has 0 saturated heterocycles. The Balaban J connectivity index is 2.31. The second-order valence-corrected chi connectivity index (χ2v) is 4.48. The molecule has 0 aliphatic rings. The van der Waals surface area contributed by atoms with Gasteiger partial charge in [-0.2, -0.15) is 13.2 Å². The molecule has 1 heterocycles.